The number of hydrogen-bond acceptors (Lipinski definition) is 4. The van der Waals surface area contributed by atoms with Crippen molar-refractivity contribution in [2.45, 2.75) is 0 Å². The molecule has 3 rings (SSSR count). The highest BCUT2D eigenvalue weighted by atomic mass is 35.5. The van der Waals surface area contributed by atoms with Gasteiger partial charge in [0.2, 0.25) is 0 Å². The summed E-state index contributed by atoms with van der Waals surface area (Å²) in [6.45, 7) is 1.22. The molecular formula is C16H17ClN2O4. The minimum absolute atomic E-state index is 0.189. The third kappa shape index (κ3) is 2.98. The molecule has 1 N–H and O–H groups in total. The number of ether oxygens (including phenoxy) is 2. The van der Waals surface area contributed by atoms with Gasteiger partial charge in [0.1, 0.15) is 13.1 Å². The van der Waals surface area contributed by atoms with Crippen molar-refractivity contribution in [1.82, 2.24) is 9.63 Å². The molecule has 7 heteroatoms. The Morgan fingerprint density at radius 2 is 1.96 bits per heavy atom. The highest BCUT2D eigenvalue weighted by molar-refractivity contribution is 6.30. The SMILES string of the molecule is COC(=O)c1[nH]cc(-c2ccc(Cl)cc2)c1[N+]1([O-])CCOCC1. The summed E-state index contributed by atoms with van der Waals surface area (Å²) in [6.07, 6.45) is 1.66. The summed E-state index contributed by atoms with van der Waals surface area (Å²) in [7, 11) is 1.30. The number of hydrogen-bond donors (Lipinski definition) is 1. The summed E-state index contributed by atoms with van der Waals surface area (Å²) in [6, 6.07) is 7.14. The first-order valence-corrected chi connectivity index (χ1v) is 7.65. The minimum Gasteiger partial charge on any atom is -0.627 e. The van der Waals surface area contributed by atoms with E-state index in [0.717, 1.165) is 5.56 Å². The highest BCUT2D eigenvalue weighted by Gasteiger charge is 2.34. The van der Waals surface area contributed by atoms with Gasteiger partial charge in [-0.2, -0.15) is 0 Å². The zero-order valence-corrected chi connectivity index (χ0v) is 13.4. The van der Waals surface area contributed by atoms with Gasteiger partial charge in [-0.05, 0) is 17.7 Å². The Morgan fingerprint density at radius 1 is 1.30 bits per heavy atom. The van der Waals surface area contributed by atoms with Crippen molar-refractivity contribution in [1.29, 1.82) is 0 Å². The number of aromatic nitrogens is 1. The summed E-state index contributed by atoms with van der Waals surface area (Å²) >= 11 is 5.93. The van der Waals surface area contributed by atoms with E-state index in [9.17, 15) is 10.0 Å². The van der Waals surface area contributed by atoms with Gasteiger partial charge < -0.3 is 24.3 Å². The number of quaternary nitrogens is 1. The molecule has 122 valence electrons. The molecule has 0 spiro atoms. The van der Waals surface area contributed by atoms with Crippen molar-refractivity contribution < 1.29 is 14.3 Å². The number of carbonyl (C=O) groups is 1. The molecule has 2 aromatic rings. The van der Waals surface area contributed by atoms with Crippen LogP contribution in [0.25, 0.3) is 11.1 Å². The van der Waals surface area contributed by atoms with Crippen molar-refractivity contribution in [3.05, 3.63) is 46.4 Å². The van der Waals surface area contributed by atoms with Crippen LogP contribution in [0.15, 0.2) is 30.5 Å². The van der Waals surface area contributed by atoms with Gasteiger partial charge in [0, 0.05) is 11.2 Å². The van der Waals surface area contributed by atoms with Crippen LogP contribution in [0.1, 0.15) is 10.5 Å². The fourth-order valence-corrected chi connectivity index (χ4v) is 2.93. The first kappa shape index (κ1) is 16.0. The van der Waals surface area contributed by atoms with E-state index >= 15 is 0 Å². The fraction of sp³-hybridized carbons (Fsp3) is 0.312. The van der Waals surface area contributed by atoms with Gasteiger partial charge in [0.05, 0.1) is 25.9 Å². The van der Waals surface area contributed by atoms with Crippen LogP contribution in [-0.4, -0.2) is 44.4 Å². The van der Waals surface area contributed by atoms with E-state index in [0.29, 0.717) is 29.5 Å². The average molecular weight is 337 g/mol. The van der Waals surface area contributed by atoms with Crippen LogP contribution in [0, 0.1) is 5.21 Å². The van der Waals surface area contributed by atoms with Crippen molar-refractivity contribution in [3.8, 4) is 11.1 Å². The number of H-pyrrole nitrogens is 1. The van der Waals surface area contributed by atoms with Gasteiger partial charge in [0.15, 0.2) is 11.4 Å². The zero-order chi connectivity index (χ0) is 16.4. The lowest BCUT2D eigenvalue weighted by molar-refractivity contribution is 0.0550. The summed E-state index contributed by atoms with van der Waals surface area (Å²) in [4.78, 5) is 15.0. The first-order chi connectivity index (χ1) is 11.0. The summed E-state index contributed by atoms with van der Waals surface area (Å²) in [5.74, 6) is -0.556. The van der Waals surface area contributed by atoms with Crippen LogP contribution in [0.3, 0.4) is 0 Å². The van der Waals surface area contributed by atoms with E-state index in [4.69, 9.17) is 21.1 Å². The third-order valence-electron chi connectivity index (χ3n) is 4.00. The predicted octanol–water partition coefficient (Wildman–Crippen LogP) is 2.96. The molecule has 2 heterocycles. The number of carbonyl (C=O) groups excluding carboxylic acids is 1. The van der Waals surface area contributed by atoms with Crippen molar-refractivity contribution >= 4 is 23.3 Å². The van der Waals surface area contributed by atoms with Crippen LogP contribution in [0.2, 0.25) is 5.02 Å². The number of nitrogens with one attached hydrogen (secondary N) is 1. The van der Waals surface area contributed by atoms with Crippen molar-refractivity contribution in [3.63, 3.8) is 0 Å². The van der Waals surface area contributed by atoms with Gasteiger partial charge in [-0.1, -0.05) is 23.7 Å². The Balaban J connectivity index is 2.14. The second-order valence-corrected chi connectivity index (χ2v) is 5.81. The van der Waals surface area contributed by atoms with Crippen LogP contribution < -0.4 is 4.65 Å². The Labute approximate surface area is 138 Å². The number of hydroxylamine groups is 2. The number of rotatable bonds is 3. The Hall–Kier alpha value is -1.86. The Bertz CT molecular complexity index is 705. The molecule has 0 saturated carbocycles. The predicted molar refractivity (Wildman–Crippen MR) is 88.3 cm³/mol. The van der Waals surface area contributed by atoms with E-state index in [1.807, 2.05) is 12.1 Å². The number of nitrogens with zero attached hydrogens (tertiary/aromatic N) is 1. The lowest BCUT2D eigenvalue weighted by Gasteiger charge is -2.44. The van der Waals surface area contributed by atoms with E-state index in [1.54, 1.807) is 18.3 Å². The topological polar surface area (TPSA) is 74.4 Å². The molecule has 23 heavy (non-hydrogen) atoms. The number of benzene rings is 1. The smallest absolute Gasteiger partial charge is 0.360 e. The van der Waals surface area contributed by atoms with Gasteiger partial charge in [-0.15, -0.1) is 0 Å². The average Bonchev–Trinajstić information content (AvgIpc) is 3.01. The van der Waals surface area contributed by atoms with E-state index in [2.05, 4.69) is 4.98 Å². The lowest BCUT2D eigenvalue weighted by atomic mass is 10.1. The van der Waals surface area contributed by atoms with E-state index < -0.39 is 10.6 Å². The maximum atomic E-state index is 13.3. The highest BCUT2D eigenvalue weighted by Crippen LogP contribution is 2.39. The number of esters is 1. The molecule has 1 aliphatic heterocycles. The van der Waals surface area contributed by atoms with Crippen LogP contribution in [0.5, 0.6) is 0 Å². The van der Waals surface area contributed by atoms with Gasteiger partial charge in [-0.25, -0.2) is 4.79 Å². The first-order valence-electron chi connectivity index (χ1n) is 7.27. The maximum absolute atomic E-state index is 13.3. The molecule has 0 unspecified atom stereocenters. The molecule has 1 aromatic carbocycles. The lowest BCUT2D eigenvalue weighted by Crippen LogP contribution is -2.52. The van der Waals surface area contributed by atoms with Crippen molar-refractivity contribution in [2.75, 3.05) is 33.4 Å². The van der Waals surface area contributed by atoms with Gasteiger partial charge >= 0.3 is 5.97 Å². The number of halogens is 1. The van der Waals surface area contributed by atoms with Crippen molar-refractivity contribution in [2.24, 2.45) is 0 Å². The van der Waals surface area contributed by atoms with E-state index in [1.165, 1.54) is 7.11 Å². The molecule has 1 saturated heterocycles. The third-order valence-corrected chi connectivity index (χ3v) is 4.25. The number of methoxy groups -OCH3 is 1. The Morgan fingerprint density at radius 3 is 2.57 bits per heavy atom. The molecular weight excluding hydrogens is 320 g/mol. The molecule has 0 amide bonds. The molecule has 0 atom stereocenters. The number of aromatic amines is 1. The van der Waals surface area contributed by atoms with Crippen LogP contribution in [0.4, 0.5) is 5.69 Å². The Kier molecular flexibility index (Phi) is 4.41. The quantitative estimate of drug-likeness (QED) is 0.531. The fourth-order valence-electron chi connectivity index (χ4n) is 2.81. The summed E-state index contributed by atoms with van der Waals surface area (Å²) in [5, 5.41) is 13.9. The monoisotopic (exact) mass is 336 g/mol. The van der Waals surface area contributed by atoms with Gasteiger partial charge in [-0.3, -0.25) is 0 Å². The minimum atomic E-state index is -0.619. The van der Waals surface area contributed by atoms with Gasteiger partial charge in [0.25, 0.3) is 0 Å². The largest absolute Gasteiger partial charge is 0.627 e. The molecule has 1 aliphatic rings. The maximum Gasteiger partial charge on any atom is 0.360 e. The van der Waals surface area contributed by atoms with Crippen LogP contribution in [-0.2, 0) is 9.47 Å². The second-order valence-electron chi connectivity index (χ2n) is 5.37. The molecule has 0 radical (unpaired) electrons. The molecule has 0 aliphatic carbocycles. The van der Waals surface area contributed by atoms with E-state index in [-0.39, 0.29) is 18.8 Å². The standard InChI is InChI=1S/C16H17ClN2O4/c1-22-16(20)14-15(19(21)6-8-23-9-7-19)13(10-18-14)11-2-4-12(17)5-3-11/h2-5,10,18H,6-9H2,1H3. The summed E-state index contributed by atoms with van der Waals surface area (Å²) < 4.78 is 9.48. The molecule has 1 fully saturated rings. The normalized spacial score (nSPS) is 17.0. The zero-order valence-electron chi connectivity index (χ0n) is 12.7. The second kappa shape index (κ2) is 6.33. The molecule has 0 bridgehead atoms. The molecule has 1 aromatic heterocycles. The van der Waals surface area contributed by atoms with Crippen LogP contribution >= 0.6 is 11.6 Å². The molecule has 6 nitrogen and oxygen atoms in total. The number of morpholine rings is 1. The summed E-state index contributed by atoms with van der Waals surface area (Å²) in [5.41, 5.74) is 2.08.